The fraction of sp³-hybridized carbons (Fsp3) is 0.833. The monoisotopic (exact) mass is 163 g/mol. The Morgan fingerprint density at radius 1 is 1.73 bits per heavy atom. The predicted molar refractivity (Wildman–Crippen MR) is 37.9 cm³/mol. The first-order valence-electron chi connectivity index (χ1n) is 3.20. The molecule has 0 radical (unpaired) electrons. The molecule has 5 nitrogen and oxygen atoms in total. The van der Waals surface area contributed by atoms with E-state index in [9.17, 15) is 4.79 Å². The molecule has 0 aliphatic rings. The average Bonchev–Trinajstić information content (AvgIpc) is 1.87. The minimum Gasteiger partial charge on any atom is -0.480 e. The first-order valence-corrected chi connectivity index (χ1v) is 3.20. The van der Waals surface area contributed by atoms with Crippen LogP contribution in [0.3, 0.4) is 0 Å². The molecule has 2 unspecified atom stereocenters. The first kappa shape index (κ1) is 10.3. The molecule has 0 heterocycles. The summed E-state index contributed by atoms with van der Waals surface area (Å²) >= 11 is 0. The predicted octanol–water partition coefficient (Wildman–Crippen LogP) is -1.47. The molecule has 0 amide bonds. The second-order valence-corrected chi connectivity index (χ2v) is 2.80. The smallest absolute Gasteiger partial charge is 0.320 e. The van der Waals surface area contributed by atoms with Gasteiger partial charge in [-0.05, 0) is 6.92 Å². The SMILES string of the molecule is CC(O)(CO)CC(N)C(=O)O. The van der Waals surface area contributed by atoms with Gasteiger partial charge in [-0.2, -0.15) is 0 Å². The highest BCUT2D eigenvalue weighted by Gasteiger charge is 2.25. The van der Waals surface area contributed by atoms with Crippen molar-refractivity contribution in [2.45, 2.75) is 25.0 Å². The van der Waals surface area contributed by atoms with Gasteiger partial charge in [-0.25, -0.2) is 0 Å². The maximum atomic E-state index is 10.2. The Morgan fingerprint density at radius 2 is 2.18 bits per heavy atom. The molecule has 0 aromatic heterocycles. The molecule has 0 aromatic carbocycles. The van der Waals surface area contributed by atoms with Crippen LogP contribution in [-0.4, -0.2) is 39.5 Å². The van der Waals surface area contributed by atoms with Crippen LogP contribution in [0.25, 0.3) is 0 Å². The van der Waals surface area contributed by atoms with Crippen molar-refractivity contribution in [2.24, 2.45) is 5.73 Å². The molecule has 0 fully saturated rings. The minimum absolute atomic E-state index is 0.154. The Bertz CT molecular complexity index is 146. The summed E-state index contributed by atoms with van der Waals surface area (Å²) < 4.78 is 0. The Morgan fingerprint density at radius 3 is 2.45 bits per heavy atom. The van der Waals surface area contributed by atoms with E-state index in [1.54, 1.807) is 0 Å². The van der Waals surface area contributed by atoms with Crippen LogP contribution >= 0.6 is 0 Å². The van der Waals surface area contributed by atoms with Gasteiger partial charge in [-0.3, -0.25) is 4.79 Å². The van der Waals surface area contributed by atoms with Crippen molar-refractivity contribution in [3.05, 3.63) is 0 Å². The summed E-state index contributed by atoms with van der Waals surface area (Å²) in [4.78, 5) is 10.2. The van der Waals surface area contributed by atoms with Crippen molar-refractivity contribution in [1.29, 1.82) is 0 Å². The minimum atomic E-state index is -1.40. The zero-order valence-electron chi connectivity index (χ0n) is 6.32. The number of nitrogens with two attached hydrogens (primary N) is 1. The van der Waals surface area contributed by atoms with Crippen LogP contribution in [0, 0.1) is 0 Å². The van der Waals surface area contributed by atoms with E-state index in [2.05, 4.69) is 0 Å². The molecule has 0 rings (SSSR count). The highest BCUT2D eigenvalue weighted by molar-refractivity contribution is 5.73. The molecule has 66 valence electrons. The van der Waals surface area contributed by atoms with Gasteiger partial charge in [-0.1, -0.05) is 0 Å². The summed E-state index contributed by atoms with van der Waals surface area (Å²) in [5.74, 6) is -1.18. The number of hydrogen-bond donors (Lipinski definition) is 4. The van der Waals surface area contributed by atoms with Gasteiger partial charge in [-0.15, -0.1) is 0 Å². The van der Waals surface area contributed by atoms with Crippen molar-refractivity contribution >= 4 is 5.97 Å². The Labute approximate surface area is 64.4 Å². The zero-order valence-corrected chi connectivity index (χ0v) is 6.32. The van der Waals surface area contributed by atoms with Crippen LogP contribution in [0.5, 0.6) is 0 Å². The summed E-state index contributed by atoms with van der Waals surface area (Å²) in [5, 5.41) is 26.0. The normalized spacial score (nSPS) is 18.9. The van der Waals surface area contributed by atoms with Crippen molar-refractivity contribution in [2.75, 3.05) is 6.61 Å². The fourth-order valence-corrected chi connectivity index (χ4v) is 0.626. The third kappa shape index (κ3) is 3.92. The lowest BCUT2D eigenvalue weighted by Crippen LogP contribution is -2.41. The molecule has 0 aromatic rings. The van der Waals surface area contributed by atoms with Crippen LogP contribution in [0.4, 0.5) is 0 Å². The molecule has 5 N–H and O–H groups in total. The summed E-state index contributed by atoms with van der Waals surface area (Å²) in [7, 11) is 0. The van der Waals surface area contributed by atoms with Crippen LogP contribution in [-0.2, 0) is 4.79 Å². The summed E-state index contributed by atoms with van der Waals surface area (Å²) in [6.07, 6.45) is -0.154. The number of carboxylic acids is 1. The van der Waals surface area contributed by atoms with E-state index in [-0.39, 0.29) is 6.42 Å². The molecule has 0 aliphatic heterocycles. The van der Waals surface area contributed by atoms with Crippen molar-refractivity contribution in [3.63, 3.8) is 0 Å². The maximum Gasteiger partial charge on any atom is 0.320 e. The average molecular weight is 163 g/mol. The Balaban J connectivity index is 3.93. The van der Waals surface area contributed by atoms with Gasteiger partial charge in [0.25, 0.3) is 0 Å². The highest BCUT2D eigenvalue weighted by Crippen LogP contribution is 2.09. The number of carbonyl (C=O) groups is 1. The summed E-state index contributed by atoms with van der Waals surface area (Å²) in [6.45, 7) is 0.837. The van der Waals surface area contributed by atoms with E-state index in [4.69, 9.17) is 21.1 Å². The summed E-state index contributed by atoms with van der Waals surface area (Å²) in [6, 6.07) is -1.13. The number of aliphatic hydroxyl groups is 2. The van der Waals surface area contributed by atoms with Crippen LogP contribution < -0.4 is 5.73 Å². The van der Waals surface area contributed by atoms with E-state index in [0.717, 1.165) is 0 Å². The number of rotatable bonds is 4. The second-order valence-electron chi connectivity index (χ2n) is 2.80. The Kier molecular flexibility index (Phi) is 3.44. The quantitative estimate of drug-likeness (QED) is 0.405. The van der Waals surface area contributed by atoms with E-state index in [1.165, 1.54) is 6.92 Å². The molecule has 0 saturated carbocycles. The van der Waals surface area contributed by atoms with E-state index < -0.39 is 24.2 Å². The Hall–Kier alpha value is -0.650. The van der Waals surface area contributed by atoms with Gasteiger partial charge in [0.2, 0.25) is 0 Å². The molecular weight excluding hydrogens is 150 g/mol. The van der Waals surface area contributed by atoms with Crippen molar-refractivity contribution in [1.82, 2.24) is 0 Å². The van der Waals surface area contributed by atoms with Gasteiger partial charge < -0.3 is 21.1 Å². The molecule has 0 spiro atoms. The van der Waals surface area contributed by atoms with Gasteiger partial charge in [0.1, 0.15) is 6.04 Å². The molecular formula is C6H13NO4. The second kappa shape index (κ2) is 3.66. The third-order valence-electron chi connectivity index (χ3n) is 1.32. The van der Waals surface area contributed by atoms with Gasteiger partial charge >= 0.3 is 5.97 Å². The zero-order chi connectivity index (χ0) is 9.07. The number of aliphatic carboxylic acids is 1. The van der Waals surface area contributed by atoms with E-state index in [0.29, 0.717) is 0 Å². The molecule has 0 saturated heterocycles. The number of carboxylic acid groups (broad SMARTS) is 1. The maximum absolute atomic E-state index is 10.2. The van der Waals surface area contributed by atoms with Gasteiger partial charge in [0.05, 0.1) is 12.2 Å². The van der Waals surface area contributed by atoms with Gasteiger partial charge in [0, 0.05) is 6.42 Å². The molecule has 0 bridgehead atoms. The standard InChI is InChI=1S/C6H13NO4/c1-6(11,3-8)2-4(7)5(9)10/h4,8,11H,2-3,7H2,1H3,(H,9,10). The van der Waals surface area contributed by atoms with Crippen LogP contribution in [0.2, 0.25) is 0 Å². The van der Waals surface area contributed by atoms with Crippen LogP contribution in [0.15, 0.2) is 0 Å². The van der Waals surface area contributed by atoms with E-state index in [1.807, 2.05) is 0 Å². The molecule has 2 atom stereocenters. The lowest BCUT2D eigenvalue weighted by molar-refractivity contribution is -0.140. The van der Waals surface area contributed by atoms with Gasteiger partial charge in [0.15, 0.2) is 0 Å². The third-order valence-corrected chi connectivity index (χ3v) is 1.32. The molecule has 5 heteroatoms. The fourth-order valence-electron chi connectivity index (χ4n) is 0.626. The van der Waals surface area contributed by atoms with Crippen molar-refractivity contribution < 1.29 is 20.1 Å². The summed E-state index contributed by atoms with van der Waals surface area (Å²) in [5.41, 5.74) is 3.70. The largest absolute Gasteiger partial charge is 0.480 e. The number of hydrogen-bond acceptors (Lipinski definition) is 4. The van der Waals surface area contributed by atoms with Crippen molar-refractivity contribution in [3.8, 4) is 0 Å². The highest BCUT2D eigenvalue weighted by atomic mass is 16.4. The lowest BCUT2D eigenvalue weighted by Gasteiger charge is -2.21. The molecule has 0 aliphatic carbocycles. The van der Waals surface area contributed by atoms with E-state index >= 15 is 0 Å². The van der Waals surface area contributed by atoms with Crippen LogP contribution in [0.1, 0.15) is 13.3 Å². The molecule has 11 heavy (non-hydrogen) atoms. The lowest BCUT2D eigenvalue weighted by atomic mass is 9.99. The topological polar surface area (TPSA) is 104 Å². The first-order chi connectivity index (χ1) is 4.89. The number of aliphatic hydroxyl groups excluding tert-OH is 1.